The highest BCUT2D eigenvalue weighted by Crippen LogP contribution is 2.14. The third-order valence-electron chi connectivity index (χ3n) is 2.82. The Morgan fingerprint density at radius 2 is 2.20 bits per heavy atom. The largest absolute Gasteiger partial charge is 0.390 e. The summed E-state index contributed by atoms with van der Waals surface area (Å²) in [5.41, 5.74) is 0.239. The molecule has 1 atom stereocenters. The Kier molecular flexibility index (Phi) is 6.17. The zero-order chi connectivity index (χ0) is 15.1. The molecule has 7 nitrogen and oxygen atoms in total. The van der Waals surface area contributed by atoms with Crippen LogP contribution in [0.4, 0.5) is 0 Å². The normalized spacial score (nSPS) is 19.4. The molecule has 1 heterocycles. The Balaban J connectivity index is 2.43. The Morgan fingerprint density at radius 3 is 2.75 bits per heavy atom. The fourth-order valence-corrected chi connectivity index (χ4v) is 1.61. The minimum atomic E-state index is -1.42. The number of carbonyl (C=O) groups is 3. The van der Waals surface area contributed by atoms with Crippen molar-refractivity contribution in [3.8, 4) is 0 Å². The molecule has 0 aromatic carbocycles. The second kappa shape index (κ2) is 7.64. The van der Waals surface area contributed by atoms with Crippen LogP contribution in [0.25, 0.3) is 0 Å². The topological polar surface area (TPSA) is 95.9 Å². The maximum Gasteiger partial charge on any atom is 0.361 e. The van der Waals surface area contributed by atoms with E-state index in [1.807, 2.05) is 0 Å². The van der Waals surface area contributed by atoms with Gasteiger partial charge in [-0.1, -0.05) is 24.8 Å². The number of unbranched alkanes of at least 4 members (excludes halogenated alkanes) is 2. The monoisotopic (exact) mass is 284 g/mol. The Morgan fingerprint density at radius 1 is 1.50 bits per heavy atom. The lowest BCUT2D eigenvalue weighted by atomic mass is 10.2. The first-order chi connectivity index (χ1) is 9.47. The van der Waals surface area contributed by atoms with Crippen LogP contribution in [-0.2, 0) is 19.2 Å². The average Bonchev–Trinajstić information content (AvgIpc) is 2.64. The number of amides is 2. The fourth-order valence-electron chi connectivity index (χ4n) is 1.61. The summed E-state index contributed by atoms with van der Waals surface area (Å²) in [7, 11) is 0. The summed E-state index contributed by atoms with van der Waals surface area (Å²) in [5, 5.41) is 12.5. The molecular formula is C13H20N2O5. The summed E-state index contributed by atoms with van der Waals surface area (Å²) in [5.74, 6) is -2.43. The quantitative estimate of drug-likeness (QED) is 0.395. The number of nitrogens with one attached hydrogen (secondary N) is 1. The molecule has 1 fully saturated rings. The molecule has 2 N–H and O–H groups in total. The van der Waals surface area contributed by atoms with Crippen LogP contribution < -0.4 is 5.32 Å². The summed E-state index contributed by atoms with van der Waals surface area (Å²) in [6.45, 7) is 4.34. The molecule has 1 aliphatic heterocycles. The van der Waals surface area contributed by atoms with Gasteiger partial charge in [0, 0.05) is 12.7 Å². The van der Waals surface area contributed by atoms with Crippen molar-refractivity contribution in [2.75, 3.05) is 6.54 Å². The van der Waals surface area contributed by atoms with Crippen molar-refractivity contribution in [2.45, 2.75) is 45.6 Å². The van der Waals surface area contributed by atoms with Gasteiger partial charge < -0.3 is 15.3 Å². The van der Waals surface area contributed by atoms with Crippen LogP contribution >= 0.6 is 0 Å². The molecule has 1 rings (SSSR count). The number of carbonyl (C=O) groups excluding carboxylic acids is 3. The highest BCUT2D eigenvalue weighted by atomic mass is 16.7. The van der Waals surface area contributed by atoms with E-state index < -0.39 is 23.9 Å². The minimum Gasteiger partial charge on any atom is -0.390 e. The van der Waals surface area contributed by atoms with E-state index in [-0.39, 0.29) is 12.0 Å². The van der Waals surface area contributed by atoms with Gasteiger partial charge in [0.1, 0.15) is 6.10 Å². The first kappa shape index (κ1) is 16.2. The van der Waals surface area contributed by atoms with Gasteiger partial charge in [-0.3, -0.25) is 9.59 Å². The summed E-state index contributed by atoms with van der Waals surface area (Å²) >= 11 is 0. The summed E-state index contributed by atoms with van der Waals surface area (Å²) in [6.07, 6.45) is 2.90. The second-order valence-corrected chi connectivity index (χ2v) is 4.61. The van der Waals surface area contributed by atoms with Crippen molar-refractivity contribution in [2.24, 2.45) is 0 Å². The molecule has 2 amide bonds. The first-order valence-corrected chi connectivity index (χ1v) is 6.64. The van der Waals surface area contributed by atoms with Gasteiger partial charge in [0.25, 0.3) is 11.8 Å². The summed E-state index contributed by atoms with van der Waals surface area (Å²) < 4.78 is 0. The number of hydrogen-bond donors (Lipinski definition) is 2. The van der Waals surface area contributed by atoms with Gasteiger partial charge in [-0.2, -0.15) is 0 Å². The molecule has 7 heteroatoms. The van der Waals surface area contributed by atoms with Crippen LogP contribution in [0.3, 0.4) is 0 Å². The number of aliphatic hydroxyl groups is 1. The number of rotatable bonds is 7. The molecule has 0 spiro atoms. The van der Waals surface area contributed by atoms with Crippen LogP contribution in [0.2, 0.25) is 0 Å². The van der Waals surface area contributed by atoms with Crippen LogP contribution in [0.1, 0.15) is 39.5 Å². The Bertz CT molecular complexity index is 419. The molecule has 0 aromatic rings. The Hall–Kier alpha value is -1.89. The molecular weight excluding hydrogens is 264 g/mol. The second-order valence-electron chi connectivity index (χ2n) is 4.61. The lowest BCUT2D eigenvalue weighted by molar-refractivity contribution is -0.195. The van der Waals surface area contributed by atoms with Crippen LogP contribution in [0.5, 0.6) is 0 Å². The van der Waals surface area contributed by atoms with E-state index in [9.17, 15) is 19.5 Å². The third-order valence-corrected chi connectivity index (χ3v) is 2.82. The highest BCUT2D eigenvalue weighted by Gasteiger charge is 2.40. The van der Waals surface area contributed by atoms with Crippen molar-refractivity contribution in [1.82, 2.24) is 10.4 Å². The maximum atomic E-state index is 11.7. The van der Waals surface area contributed by atoms with Gasteiger partial charge in [0.15, 0.2) is 0 Å². The molecule has 1 saturated heterocycles. The maximum absolute atomic E-state index is 11.7. The standard InChI is InChI=1S/C13H20N2O5/c1-3-4-5-6-14-8-9(2)13(19)20-15-11(17)7-10(16)12(15)18/h8,10,14,16H,3-7H2,1-2H3. The number of hydroxylamine groups is 2. The number of hydrogen-bond acceptors (Lipinski definition) is 6. The molecule has 0 bridgehead atoms. The van der Waals surface area contributed by atoms with Gasteiger partial charge in [0.05, 0.1) is 12.0 Å². The van der Waals surface area contributed by atoms with E-state index in [0.717, 1.165) is 25.8 Å². The van der Waals surface area contributed by atoms with Crippen molar-refractivity contribution in [3.63, 3.8) is 0 Å². The SMILES string of the molecule is CCCCCNC=C(C)C(=O)ON1C(=O)CC(O)C1=O. The predicted molar refractivity (Wildman–Crippen MR) is 69.9 cm³/mol. The molecule has 0 radical (unpaired) electrons. The number of imide groups is 1. The van der Waals surface area contributed by atoms with Crippen LogP contribution in [0.15, 0.2) is 11.8 Å². The van der Waals surface area contributed by atoms with Crippen molar-refractivity contribution >= 4 is 17.8 Å². The van der Waals surface area contributed by atoms with Crippen molar-refractivity contribution in [1.29, 1.82) is 0 Å². The molecule has 1 unspecified atom stereocenters. The molecule has 0 aromatic heterocycles. The van der Waals surface area contributed by atoms with E-state index in [1.54, 1.807) is 0 Å². The molecule has 20 heavy (non-hydrogen) atoms. The molecule has 0 aliphatic carbocycles. The number of nitrogens with zero attached hydrogens (tertiary/aromatic N) is 1. The minimum absolute atomic E-state index is 0.239. The van der Waals surface area contributed by atoms with E-state index in [2.05, 4.69) is 17.1 Å². The molecule has 112 valence electrons. The van der Waals surface area contributed by atoms with Gasteiger partial charge >= 0.3 is 5.97 Å². The molecule has 1 aliphatic rings. The zero-order valence-corrected chi connectivity index (χ0v) is 11.7. The van der Waals surface area contributed by atoms with E-state index in [0.29, 0.717) is 5.06 Å². The lowest BCUT2D eigenvalue weighted by Gasteiger charge is -2.13. The smallest absolute Gasteiger partial charge is 0.361 e. The fraction of sp³-hybridized carbons (Fsp3) is 0.615. The van der Waals surface area contributed by atoms with E-state index in [4.69, 9.17) is 0 Å². The van der Waals surface area contributed by atoms with Gasteiger partial charge in [-0.05, 0) is 13.3 Å². The van der Waals surface area contributed by atoms with E-state index >= 15 is 0 Å². The zero-order valence-electron chi connectivity index (χ0n) is 11.7. The van der Waals surface area contributed by atoms with E-state index in [1.165, 1.54) is 13.1 Å². The lowest BCUT2D eigenvalue weighted by Crippen LogP contribution is -2.34. The summed E-state index contributed by atoms with van der Waals surface area (Å²) in [6, 6.07) is 0. The number of aliphatic hydroxyl groups excluding tert-OH is 1. The molecule has 0 saturated carbocycles. The highest BCUT2D eigenvalue weighted by molar-refractivity contribution is 6.05. The first-order valence-electron chi connectivity index (χ1n) is 6.64. The summed E-state index contributed by atoms with van der Waals surface area (Å²) in [4.78, 5) is 39.0. The van der Waals surface area contributed by atoms with Crippen molar-refractivity contribution in [3.05, 3.63) is 11.8 Å². The Labute approximate surface area is 117 Å². The van der Waals surface area contributed by atoms with Crippen LogP contribution in [-0.4, -0.2) is 40.6 Å². The van der Waals surface area contributed by atoms with Gasteiger partial charge in [-0.25, -0.2) is 4.79 Å². The average molecular weight is 284 g/mol. The predicted octanol–water partition coefficient (Wildman–Crippen LogP) is 0.248. The van der Waals surface area contributed by atoms with Gasteiger partial charge in [0.2, 0.25) is 0 Å². The van der Waals surface area contributed by atoms with Gasteiger partial charge in [-0.15, -0.1) is 0 Å². The van der Waals surface area contributed by atoms with Crippen LogP contribution in [0, 0.1) is 0 Å². The third kappa shape index (κ3) is 4.34. The van der Waals surface area contributed by atoms with Crippen molar-refractivity contribution < 1.29 is 24.3 Å².